The van der Waals surface area contributed by atoms with Crippen molar-refractivity contribution in [3.63, 3.8) is 0 Å². The fourth-order valence-electron chi connectivity index (χ4n) is 4.16. The average Bonchev–Trinajstić information content (AvgIpc) is 3.54. The maximum Gasteiger partial charge on any atom is 0.259 e. The SMILES string of the molecule is O=C(CN1C(=O)c2ccccc2NC1c1ccc2c(c1)OCO2)N/N=C/c1ccc2c(c1)OCO2. The lowest BCUT2D eigenvalue weighted by Crippen LogP contribution is -2.47. The maximum atomic E-state index is 13.4. The first kappa shape index (κ1) is 20.8. The number of fused-ring (bicyclic) bond motifs is 3. The van der Waals surface area contributed by atoms with Gasteiger partial charge in [-0.3, -0.25) is 9.59 Å². The van der Waals surface area contributed by atoms with Crippen LogP contribution in [0.3, 0.4) is 0 Å². The number of hydrazone groups is 1. The minimum absolute atomic E-state index is 0.145. The number of carbonyl (C=O) groups excluding carboxylic acids is 2. The van der Waals surface area contributed by atoms with E-state index in [9.17, 15) is 9.59 Å². The van der Waals surface area contributed by atoms with E-state index in [2.05, 4.69) is 15.8 Å². The summed E-state index contributed by atoms with van der Waals surface area (Å²) in [4.78, 5) is 27.6. The summed E-state index contributed by atoms with van der Waals surface area (Å²) < 4.78 is 21.5. The fraction of sp³-hybridized carbons (Fsp3) is 0.160. The zero-order valence-corrected chi connectivity index (χ0v) is 18.4. The molecule has 0 fully saturated rings. The highest BCUT2D eigenvalue weighted by molar-refractivity contribution is 6.03. The maximum absolute atomic E-state index is 13.4. The smallest absolute Gasteiger partial charge is 0.259 e. The summed E-state index contributed by atoms with van der Waals surface area (Å²) in [5, 5.41) is 7.39. The number of para-hydroxylation sites is 1. The van der Waals surface area contributed by atoms with Crippen LogP contribution >= 0.6 is 0 Å². The van der Waals surface area contributed by atoms with Gasteiger partial charge in [-0.1, -0.05) is 18.2 Å². The summed E-state index contributed by atoms with van der Waals surface area (Å²) in [6, 6.07) is 18.0. The molecular weight excluding hydrogens is 452 g/mol. The summed E-state index contributed by atoms with van der Waals surface area (Å²) in [5.74, 6) is 1.80. The number of ether oxygens (including phenoxy) is 4. The Labute approximate surface area is 200 Å². The molecule has 0 aromatic heterocycles. The van der Waals surface area contributed by atoms with Crippen molar-refractivity contribution in [3.05, 3.63) is 77.4 Å². The van der Waals surface area contributed by atoms with Gasteiger partial charge in [0.2, 0.25) is 13.6 Å². The van der Waals surface area contributed by atoms with Crippen LogP contribution in [0.15, 0.2) is 65.8 Å². The second kappa shape index (κ2) is 8.56. The molecule has 3 aliphatic heterocycles. The molecular formula is C25H20N4O6. The van der Waals surface area contributed by atoms with E-state index in [1.165, 1.54) is 11.1 Å². The number of hydrogen-bond donors (Lipinski definition) is 2. The first-order chi connectivity index (χ1) is 17.2. The molecule has 10 heteroatoms. The average molecular weight is 472 g/mol. The molecule has 0 radical (unpaired) electrons. The van der Waals surface area contributed by atoms with Gasteiger partial charge in [0, 0.05) is 5.69 Å². The topological polar surface area (TPSA) is 111 Å². The quantitative estimate of drug-likeness (QED) is 0.434. The summed E-state index contributed by atoms with van der Waals surface area (Å²) in [7, 11) is 0. The first-order valence-electron chi connectivity index (χ1n) is 10.9. The van der Waals surface area contributed by atoms with Gasteiger partial charge in [-0.05, 0) is 53.6 Å². The van der Waals surface area contributed by atoms with Gasteiger partial charge in [-0.2, -0.15) is 5.10 Å². The molecule has 1 atom stereocenters. The van der Waals surface area contributed by atoms with Crippen molar-refractivity contribution >= 4 is 23.7 Å². The minimum Gasteiger partial charge on any atom is -0.454 e. The number of rotatable bonds is 5. The predicted molar refractivity (Wildman–Crippen MR) is 125 cm³/mol. The van der Waals surface area contributed by atoms with E-state index in [0.717, 1.165) is 11.1 Å². The van der Waals surface area contributed by atoms with Crippen molar-refractivity contribution < 1.29 is 28.5 Å². The van der Waals surface area contributed by atoms with Crippen LogP contribution in [0.1, 0.15) is 27.7 Å². The lowest BCUT2D eigenvalue weighted by Gasteiger charge is -2.37. The number of nitrogens with one attached hydrogen (secondary N) is 2. The highest BCUT2D eigenvalue weighted by Gasteiger charge is 2.34. The van der Waals surface area contributed by atoms with Crippen molar-refractivity contribution in [2.75, 3.05) is 25.4 Å². The Morgan fingerprint density at radius 3 is 2.51 bits per heavy atom. The van der Waals surface area contributed by atoms with Crippen LogP contribution in [0.25, 0.3) is 0 Å². The number of nitrogens with zero attached hydrogens (tertiary/aromatic N) is 2. The van der Waals surface area contributed by atoms with Crippen LogP contribution in [-0.4, -0.2) is 43.1 Å². The Hall–Kier alpha value is -4.73. The lowest BCUT2D eigenvalue weighted by atomic mass is 10.0. The number of anilines is 1. The number of carbonyl (C=O) groups is 2. The minimum atomic E-state index is -0.588. The Morgan fingerprint density at radius 1 is 0.971 bits per heavy atom. The molecule has 2 N–H and O–H groups in total. The van der Waals surface area contributed by atoms with Crippen LogP contribution in [0.4, 0.5) is 5.69 Å². The molecule has 3 aliphatic rings. The van der Waals surface area contributed by atoms with Gasteiger partial charge in [0.05, 0.1) is 11.8 Å². The van der Waals surface area contributed by atoms with Crippen LogP contribution in [-0.2, 0) is 4.79 Å². The zero-order chi connectivity index (χ0) is 23.8. The lowest BCUT2D eigenvalue weighted by molar-refractivity contribution is -0.122. The zero-order valence-electron chi connectivity index (χ0n) is 18.4. The monoisotopic (exact) mass is 472 g/mol. The molecule has 176 valence electrons. The second-order valence-corrected chi connectivity index (χ2v) is 8.04. The summed E-state index contributed by atoms with van der Waals surface area (Å²) in [6.07, 6.45) is 0.913. The molecule has 0 spiro atoms. The van der Waals surface area contributed by atoms with Crippen LogP contribution in [0.5, 0.6) is 23.0 Å². The molecule has 0 bridgehead atoms. The van der Waals surface area contributed by atoms with Gasteiger partial charge < -0.3 is 29.2 Å². The summed E-state index contributed by atoms with van der Waals surface area (Å²) in [5.41, 5.74) is 5.17. The fourth-order valence-corrected chi connectivity index (χ4v) is 4.16. The Morgan fingerprint density at radius 2 is 1.69 bits per heavy atom. The molecule has 10 nitrogen and oxygen atoms in total. The number of amides is 2. The largest absolute Gasteiger partial charge is 0.454 e. The number of benzene rings is 3. The van der Waals surface area contributed by atoms with Crippen molar-refractivity contribution in [1.29, 1.82) is 0 Å². The van der Waals surface area contributed by atoms with Gasteiger partial charge >= 0.3 is 0 Å². The van der Waals surface area contributed by atoms with Gasteiger partial charge in [-0.15, -0.1) is 0 Å². The molecule has 3 aromatic rings. The summed E-state index contributed by atoms with van der Waals surface area (Å²) in [6.45, 7) is 0.113. The van der Waals surface area contributed by atoms with E-state index < -0.39 is 12.1 Å². The molecule has 0 saturated carbocycles. The molecule has 0 aliphatic carbocycles. The van der Waals surface area contributed by atoms with Gasteiger partial charge in [-0.25, -0.2) is 5.43 Å². The molecule has 1 unspecified atom stereocenters. The third-order valence-electron chi connectivity index (χ3n) is 5.85. The normalized spacial score (nSPS) is 17.3. The standard InChI is InChI=1S/C25H20N4O6/c30-23(28-26-11-15-5-7-19-21(9-15)34-13-32-19)12-29-24(16-6-8-20-22(10-16)35-14-33-20)27-18-4-2-1-3-17(18)25(29)31/h1-11,24,27H,12-14H2,(H,28,30)/b26-11+. The number of hydrogen-bond acceptors (Lipinski definition) is 8. The Bertz CT molecular complexity index is 1360. The van der Waals surface area contributed by atoms with Crippen molar-refractivity contribution in [2.24, 2.45) is 5.10 Å². The Balaban J connectivity index is 1.21. The van der Waals surface area contributed by atoms with E-state index in [4.69, 9.17) is 18.9 Å². The van der Waals surface area contributed by atoms with Gasteiger partial charge in [0.25, 0.3) is 11.8 Å². The van der Waals surface area contributed by atoms with Gasteiger partial charge in [0.15, 0.2) is 23.0 Å². The van der Waals surface area contributed by atoms with Crippen molar-refractivity contribution in [3.8, 4) is 23.0 Å². The van der Waals surface area contributed by atoms with E-state index >= 15 is 0 Å². The molecule has 2 amide bonds. The first-order valence-corrected chi connectivity index (χ1v) is 10.9. The van der Waals surface area contributed by atoms with Crippen LogP contribution < -0.4 is 29.7 Å². The van der Waals surface area contributed by atoms with Gasteiger partial charge in [0.1, 0.15) is 12.7 Å². The van der Waals surface area contributed by atoms with E-state index in [-0.39, 0.29) is 26.0 Å². The van der Waals surface area contributed by atoms with E-state index in [1.807, 2.05) is 24.3 Å². The third kappa shape index (κ3) is 3.95. The Kier molecular flexibility index (Phi) is 5.10. The highest BCUT2D eigenvalue weighted by atomic mass is 16.7. The molecule has 3 heterocycles. The predicted octanol–water partition coefficient (Wildman–Crippen LogP) is 2.86. The van der Waals surface area contributed by atoms with E-state index in [1.54, 1.807) is 36.4 Å². The van der Waals surface area contributed by atoms with Crippen LogP contribution in [0.2, 0.25) is 0 Å². The molecule has 3 aromatic carbocycles. The molecule has 6 rings (SSSR count). The highest BCUT2D eigenvalue weighted by Crippen LogP contribution is 2.38. The molecule has 0 saturated heterocycles. The van der Waals surface area contributed by atoms with E-state index in [0.29, 0.717) is 34.2 Å². The molecule has 35 heavy (non-hydrogen) atoms. The summed E-state index contributed by atoms with van der Waals surface area (Å²) >= 11 is 0. The van der Waals surface area contributed by atoms with Crippen molar-refractivity contribution in [2.45, 2.75) is 6.17 Å². The van der Waals surface area contributed by atoms with Crippen molar-refractivity contribution in [1.82, 2.24) is 10.3 Å². The third-order valence-corrected chi connectivity index (χ3v) is 5.85. The van der Waals surface area contributed by atoms with Crippen LogP contribution in [0, 0.1) is 0 Å². The second-order valence-electron chi connectivity index (χ2n) is 8.04.